The summed E-state index contributed by atoms with van der Waals surface area (Å²) in [6, 6.07) is 0.845. The van der Waals surface area contributed by atoms with Crippen molar-refractivity contribution in [3.63, 3.8) is 0 Å². The van der Waals surface area contributed by atoms with Crippen LogP contribution >= 0.6 is 11.3 Å². The van der Waals surface area contributed by atoms with E-state index in [4.69, 9.17) is 0 Å². The average molecular weight is 233 g/mol. The second kappa shape index (κ2) is 3.49. The maximum atomic E-state index is 12.1. The Hall–Kier alpha value is -0.655. The summed E-state index contributed by atoms with van der Waals surface area (Å²) in [4.78, 5) is 0. The number of thiophene rings is 1. The van der Waals surface area contributed by atoms with Gasteiger partial charge in [0.25, 0.3) is 0 Å². The zero-order chi connectivity index (χ0) is 11.0. The van der Waals surface area contributed by atoms with Crippen molar-refractivity contribution in [2.45, 2.75) is 12.0 Å². The van der Waals surface area contributed by atoms with E-state index in [2.05, 4.69) is 0 Å². The van der Waals surface area contributed by atoms with Crippen LogP contribution in [-0.4, -0.2) is 13.2 Å². The SMILES string of the molecule is F[B-](F)(F)C(c1ccsc1)C(F)(F)F. The minimum atomic E-state index is -5.95. The van der Waals surface area contributed by atoms with Gasteiger partial charge in [0, 0.05) is 5.82 Å². The van der Waals surface area contributed by atoms with E-state index in [1.807, 2.05) is 0 Å². The molecule has 0 nitrogen and oxygen atoms in total. The maximum Gasteiger partial charge on any atom is 0.494 e. The summed E-state index contributed by atoms with van der Waals surface area (Å²) < 4.78 is 72.6. The molecule has 0 saturated carbocycles. The summed E-state index contributed by atoms with van der Waals surface area (Å²) in [6.07, 6.45) is -5.26. The highest BCUT2D eigenvalue weighted by Gasteiger charge is 2.52. The van der Waals surface area contributed by atoms with Crippen LogP contribution in [0.4, 0.5) is 26.1 Å². The summed E-state index contributed by atoms with van der Waals surface area (Å²) in [5.74, 6) is -3.31. The molecule has 0 aliphatic heterocycles. The molecule has 1 aromatic heterocycles. The lowest BCUT2D eigenvalue weighted by Crippen LogP contribution is -2.38. The fourth-order valence-electron chi connectivity index (χ4n) is 1.07. The molecule has 0 N–H and O–H groups in total. The van der Waals surface area contributed by atoms with Gasteiger partial charge in [0.2, 0.25) is 0 Å². The first-order chi connectivity index (χ1) is 6.23. The van der Waals surface area contributed by atoms with Crippen molar-refractivity contribution in [3.8, 4) is 0 Å². The van der Waals surface area contributed by atoms with Gasteiger partial charge >= 0.3 is 13.2 Å². The van der Waals surface area contributed by atoms with Crippen LogP contribution in [0.2, 0.25) is 0 Å². The predicted molar refractivity (Wildman–Crippen MR) is 42.2 cm³/mol. The summed E-state index contributed by atoms with van der Waals surface area (Å²) in [5, 5.41) is 2.06. The molecule has 80 valence electrons. The Kier molecular flexibility index (Phi) is 2.84. The molecule has 1 atom stereocenters. The van der Waals surface area contributed by atoms with Crippen molar-refractivity contribution in [1.29, 1.82) is 0 Å². The smallest absolute Gasteiger partial charge is 0.448 e. The first kappa shape index (κ1) is 11.4. The molecule has 0 radical (unpaired) electrons. The topological polar surface area (TPSA) is 0 Å². The maximum absolute atomic E-state index is 12.1. The molecular formula is C6H4BF6S-. The van der Waals surface area contributed by atoms with Gasteiger partial charge in [-0.2, -0.15) is 24.5 Å². The van der Waals surface area contributed by atoms with Gasteiger partial charge in [-0.1, -0.05) is 11.6 Å². The monoisotopic (exact) mass is 233 g/mol. The van der Waals surface area contributed by atoms with E-state index in [1.54, 1.807) is 0 Å². The molecule has 1 aromatic rings. The number of hydrogen-bond donors (Lipinski definition) is 0. The Labute approximate surface area is 79.6 Å². The number of rotatable bonds is 2. The summed E-state index contributed by atoms with van der Waals surface area (Å²) in [5.41, 5.74) is -0.727. The second-order valence-electron chi connectivity index (χ2n) is 2.70. The molecule has 0 aromatic carbocycles. The van der Waals surface area contributed by atoms with Gasteiger partial charge < -0.3 is 12.9 Å². The first-order valence-electron chi connectivity index (χ1n) is 3.51. The van der Waals surface area contributed by atoms with Crippen molar-refractivity contribution in [3.05, 3.63) is 22.4 Å². The van der Waals surface area contributed by atoms with Crippen LogP contribution in [0.1, 0.15) is 11.4 Å². The lowest BCUT2D eigenvalue weighted by atomic mass is 9.69. The van der Waals surface area contributed by atoms with Crippen LogP contribution in [0.25, 0.3) is 0 Å². The zero-order valence-corrected chi connectivity index (χ0v) is 7.38. The third-order valence-electron chi connectivity index (χ3n) is 1.63. The summed E-state index contributed by atoms with van der Waals surface area (Å²) in [6.45, 7) is -5.95. The fraction of sp³-hybridized carbons (Fsp3) is 0.333. The van der Waals surface area contributed by atoms with Gasteiger partial charge in [-0.3, -0.25) is 0 Å². The Morgan fingerprint density at radius 2 is 1.79 bits per heavy atom. The van der Waals surface area contributed by atoms with Crippen LogP contribution in [-0.2, 0) is 0 Å². The molecular weight excluding hydrogens is 229 g/mol. The van der Waals surface area contributed by atoms with Crippen molar-refractivity contribution in [2.24, 2.45) is 0 Å². The van der Waals surface area contributed by atoms with Crippen molar-refractivity contribution in [1.82, 2.24) is 0 Å². The molecule has 0 saturated heterocycles. The molecule has 0 spiro atoms. The highest BCUT2D eigenvalue weighted by Crippen LogP contribution is 2.43. The molecule has 1 heterocycles. The largest absolute Gasteiger partial charge is 0.494 e. The number of hydrogen-bond acceptors (Lipinski definition) is 1. The molecule has 8 heteroatoms. The van der Waals surface area contributed by atoms with Crippen LogP contribution < -0.4 is 0 Å². The minimum Gasteiger partial charge on any atom is -0.448 e. The van der Waals surface area contributed by atoms with Crippen molar-refractivity contribution < 1.29 is 26.1 Å². The normalized spacial score (nSPS) is 15.6. The molecule has 0 bridgehead atoms. The van der Waals surface area contributed by atoms with Crippen LogP contribution in [0, 0.1) is 0 Å². The highest BCUT2D eigenvalue weighted by atomic mass is 32.1. The van der Waals surface area contributed by atoms with Gasteiger partial charge in [0.05, 0.1) is 0 Å². The van der Waals surface area contributed by atoms with E-state index in [1.165, 1.54) is 5.38 Å². The van der Waals surface area contributed by atoms with E-state index in [-0.39, 0.29) is 0 Å². The third kappa shape index (κ3) is 2.43. The Balaban J connectivity index is 3.08. The minimum absolute atomic E-state index is 0.727. The van der Waals surface area contributed by atoms with E-state index in [0.29, 0.717) is 0 Å². The summed E-state index contributed by atoms with van der Waals surface area (Å²) in [7, 11) is 0. The molecule has 0 aliphatic rings. The Bertz CT molecular complexity index is 272. The Morgan fingerprint density at radius 3 is 2.07 bits per heavy atom. The standard InChI is InChI=1S/C6H4BF6S/c8-6(9,10)5(7(11,12)13)4-1-2-14-3-4/h1-3,5H/q-1. The molecule has 0 aliphatic carbocycles. The quantitative estimate of drug-likeness (QED) is 0.538. The van der Waals surface area contributed by atoms with E-state index in [0.717, 1.165) is 22.8 Å². The fourth-order valence-corrected chi connectivity index (χ4v) is 1.77. The third-order valence-corrected chi connectivity index (χ3v) is 2.33. The van der Waals surface area contributed by atoms with Crippen molar-refractivity contribution >= 4 is 18.3 Å². The van der Waals surface area contributed by atoms with Gasteiger partial charge in [0.15, 0.2) is 0 Å². The average Bonchev–Trinajstić information content (AvgIpc) is 2.31. The molecule has 1 unspecified atom stereocenters. The predicted octanol–water partition coefficient (Wildman–Crippen LogP) is 3.78. The highest BCUT2D eigenvalue weighted by molar-refractivity contribution is 7.08. The first-order valence-corrected chi connectivity index (χ1v) is 4.46. The molecule has 0 amide bonds. The van der Waals surface area contributed by atoms with Crippen LogP contribution in [0.5, 0.6) is 0 Å². The van der Waals surface area contributed by atoms with E-state index < -0.39 is 24.5 Å². The zero-order valence-electron chi connectivity index (χ0n) is 6.56. The lowest BCUT2D eigenvalue weighted by molar-refractivity contribution is -0.139. The van der Waals surface area contributed by atoms with Gasteiger partial charge in [-0.15, -0.1) is 0 Å². The lowest BCUT2D eigenvalue weighted by Gasteiger charge is -2.28. The summed E-state index contributed by atoms with van der Waals surface area (Å²) >= 11 is 0.810. The van der Waals surface area contributed by atoms with Crippen molar-refractivity contribution in [2.75, 3.05) is 0 Å². The molecule has 1 rings (SSSR count). The van der Waals surface area contributed by atoms with E-state index in [9.17, 15) is 26.1 Å². The number of alkyl halides is 3. The van der Waals surface area contributed by atoms with Gasteiger partial charge in [-0.25, -0.2) is 0 Å². The van der Waals surface area contributed by atoms with E-state index >= 15 is 0 Å². The van der Waals surface area contributed by atoms with Gasteiger partial charge in [-0.05, 0) is 10.8 Å². The van der Waals surface area contributed by atoms with Gasteiger partial charge in [0.1, 0.15) is 0 Å². The van der Waals surface area contributed by atoms with Crippen LogP contribution in [0.15, 0.2) is 16.8 Å². The van der Waals surface area contributed by atoms with Crippen LogP contribution in [0.3, 0.4) is 0 Å². The Morgan fingerprint density at radius 1 is 1.21 bits per heavy atom. The molecule has 0 fully saturated rings. The second-order valence-corrected chi connectivity index (χ2v) is 3.48. The number of halogens is 6. The molecule has 14 heavy (non-hydrogen) atoms.